The fourth-order valence-corrected chi connectivity index (χ4v) is 1.56. The summed E-state index contributed by atoms with van der Waals surface area (Å²) in [5.74, 6) is 0.0889. The lowest BCUT2D eigenvalue weighted by Gasteiger charge is -2.09. The molecule has 0 atom stereocenters. The molecule has 0 saturated heterocycles. The standard InChI is InChI=1S/C14H15NO4/c1-9(2)12-6-10(14(16)17)7-13(15-12)19-8-11-4-3-5-18-11/h3-7,9H,8H2,1-2H3,(H,16,17). The average Bonchev–Trinajstić information content (AvgIpc) is 2.89. The number of carbonyl (C=O) groups is 1. The Labute approximate surface area is 110 Å². The first-order valence-electron chi connectivity index (χ1n) is 5.96. The van der Waals surface area contributed by atoms with Gasteiger partial charge in [0.1, 0.15) is 12.4 Å². The quantitative estimate of drug-likeness (QED) is 0.895. The van der Waals surface area contributed by atoms with E-state index in [1.807, 2.05) is 13.8 Å². The first kappa shape index (κ1) is 13.1. The summed E-state index contributed by atoms with van der Waals surface area (Å²) in [6, 6.07) is 6.52. The van der Waals surface area contributed by atoms with E-state index in [-0.39, 0.29) is 18.1 Å². The van der Waals surface area contributed by atoms with Crippen molar-refractivity contribution in [3.05, 3.63) is 47.5 Å². The first-order chi connectivity index (χ1) is 9.06. The lowest BCUT2D eigenvalue weighted by atomic mass is 10.1. The van der Waals surface area contributed by atoms with Crippen LogP contribution in [0.15, 0.2) is 34.9 Å². The van der Waals surface area contributed by atoms with Gasteiger partial charge in [0.15, 0.2) is 0 Å². The van der Waals surface area contributed by atoms with Crippen molar-refractivity contribution in [1.29, 1.82) is 0 Å². The number of pyridine rings is 1. The van der Waals surface area contributed by atoms with Crippen LogP contribution in [0.3, 0.4) is 0 Å². The topological polar surface area (TPSA) is 72.6 Å². The van der Waals surface area contributed by atoms with Gasteiger partial charge in [0.2, 0.25) is 5.88 Å². The summed E-state index contributed by atoms with van der Waals surface area (Å²) in [5, 5.41) is 9.07. The van der Waals surface area contributed by atoms with Crippen molar-refractivity contribution in [2.24, 2.45) is 0 Å². The number of ether oxygens (including phenoxy) is 1. The molecule has 5 nitrogen and oxygen atoms in total. The minimum Gasteiger partial charge on any atom is -0.478 e. The number of rotatable bonds is 5. The highest BCUT2D eigenvalue weighted by Crippen LogP contribution is 2.20. The zero-order valence-electron chi connectivity index (χ0n) is 10.8. The third-order valence-corrected chi connectivity index (χ3v) is 2.60. The van der Waals surface area contributed by atoms with Crippen LogP contribution >= 0.6 is 0 Å². The van der Waals surface area contributed by atoms with E-state index in [9.17, 15) is 4.79 Å². The Hall–Kier alpha value is -2.30. The number of carboxylic acids is 1. The SMILES string of the molecule is CC(C)c1cc(C(=O)O)cc(OCc2ccco2)n1. The zero-order valence-corrected chi connectivity index (χ0v) is 10.8. The zero-order chi connectivity index (χ0) is 13.8. The van der Waals surface area contributed by atoms with Gasteiger partial charge in [0, 0.05) is 11.8 Å². The van der Waals surface area contributed by atoms with Crippen LogP contribution < -0.4 is 4.74 Å². The number of aromatic carboxylic acids is 1. The third-order valence-electron chi connectivity index (χ3n) is 2.60. The van der Waals surface area contributed by atoms with Crippen LogP contribution in [-0.4, -0.2) is 16.1 Å². The van der Waals surface area contributed by atoms with Crippen LogP contribution in [0.25, 0.3) is 0 Å². The molecule has 0 aromatic carbocycles. The molecule has 0 amide bonds. The fourth-order valence-electron chi connectivity index (χ4n) is 1.56. The Balaban J connectivity index is 2.21. The van der Waals surface area contributed by atoms with Crippen LogP contribution in [0.1, 0.15) is 41.6 Å². The molecule has 5 heteroatoms. The molecule has 0 bridgehead atoms. The second-order valence-electron chi connectivity index (χ2n) is 4.45. The monoisotopic (exact) mass is 261 g/mol. The van der Waals surface area contributed by atoms with Crippen molar-refractivity contribution in [1.82, 2.24) is 4.98 Å². The predicted molar refractivity (Wildman–Crippen MR) is 68.3 cm³/mol. The number of nitrogens with zero attached hydrogens (tertiary/aromatic N) is 1. The smallest absolute Gasteiger partial charge is 0.335 e. The maximum atomic E-state index is 11.1. The number of carboxylic acid groups (broad SMARTS) is 1. The molecule has 0 unspecified atom stereocenters. The van der Waals surface area contributed by atoms with Crippen LogP contribution in [0.2, 0.25) is 0 Å². The van der Waals surface area contributed by atoms with E-state index in [2.05, 4.69) is 4.98 Å². The Morgan fingerprint density at radius 2 is 2.26 bits per heavy atom. The van der Waals surface area contributed by atoms with Crippen LogP contribution in [0, 0.1) is 0 Å². The van der Waals surface area contributed by atoms with Gasteiger partial charge >= 0.3 is 5.97 Å². The van der Waals surface area contributed by atoms with Gasteiger partial charge < -0.3 is 14.3 Å². The van der Waals surface area contributed by atoms with E-state index >= 15 is 0 Å². The third kappa shape index (κ3) is 3.34. The molecular formula is C14H15NO4. The Morgan fingerprint density at radius 1 is 1.47 bits per heavy atom. The highest BCUT2D eigenvalue weighted by molar-refractivity contribution is 5.88. The summed E-state index contributed by atoms with van der Waals surface area (Å²) in [7, 11) is 0. The maximum Gasteiger partial charge on any atom is 0.335 e. The molecule has 1 N–H and O–H groups in total. The van der Waals surface area contributed by atoms with E-state index in [0.29, 0.717) is 17.3 Å². The van der Waals surface area contributed by atoms with E-state index in [1.165, 1.54) is 6.07 Å². The molecule has 0 spiro atoms. The molecule has 0 aliphatic carbocycles. The number of hydrogen-bond donors (Lipinski definition) is 1. The largest absolute Gasteiger partial charge is 0.478 e. The van der Waals surface area contributed by atoms with Gasteiger partial charge in [-0.1, -0.05) is 13.8 Å². The Kier molecular flexibility index (Phi) is 3.85. The molecule has 0 fully saturated rings. The number of aromatic nitrogens is 1. The minimum atomic E-state index is -0.993. The molecule has 2 rings (SSSR count). The highest BCUT2D eigenvalue weighted by atomic mass is 16.5. The van der Waals surface area contributed by atoms with Gasteiger partial charge in [-0.15, -0.1) is 0 Å². The lowest BCUT2D eigenvalue weighted by Crippen LogP contribution is -2.04. The summed E-state index contributed by atoms with van der Waals surface area (Å²) in [4.78, 5) is 15.3. The first-order valence-corrected chi connectivity index (χ1v) is 5.96. The van der Waals surface area contributed by atoms with E-state index in [4.69, 9.17) is 14.3 Å². The molecule has 2 aromatic heterocycles. The van der Waals surface area contributed by atoms with E-state index in [0.717, 1.165) is 0 Å². The molecule has 0 aliphatic heterocycles. The summed E-state index contributed by atoms with van der Waals surface area (Å²) in [6.07, 6.45) is 1.55. The van der Waals surface area contributed by atoms with Gasteiger partial charge in [-0.05, 0) is 24.1 Å². The second kappa shape index (κ2) is 5.56. The van der Waals surface area contributed by atoms with Gasteiger partial charge in [0.05, 0.1) is 11.8 Å². The summed E-state index contributed by atoms with van der Waals surface area (Å²) in [5.41, 5.74) is 0.863. The predicted octanol–water partition coefficient (Wildman–Crippen LogP) is 3.08. The molecule has 2 heterocycles. The van der Waals surface area contributed by atoms with Crippen LogP contribution in [0.4, 0.5) is 0 Å². The molecular weight excluding hydrogens is 246 g/mol. The van der Waals surface area contributed by atoms with Crippen LogP contribution in [-0.2, 0) is 6.61 Å². The van der Waals surface area contributed by atoms with Crippen molar-refractivity contribution >= 4 is 5.97 Å². The summed E-state index contributed by atoms with van der Waals surface area (Å²) in [6.45, 7) is 4.12. The van der Waals surface area contributed by atoms with Gasteiger partial charge in [0.25, 0.3) is 0 Å². The van der Waals surface area contributed by atoms with Gasteiger partial charge in [-0.3, -0.25) is 0 Å². The molecule has 0 saturated carbocycles. The minimum absolute atomic E-state index is 0.130. The normalized spacial score (nSPS) is 10.7. The molecule has 100 valence electrons. The van der Waals surface area contributed by atoms with Gasteiger partial charge in [-0.25, -0.2) is 9.78 Å². The average molecular weight is 261 g/mol. The van der Waals surface area contributed by atoms with Crippen molar-refractivity contribution in [2.45, 2.75) is 26.4 Å². The van der Waals surface area contributed by atoms with E-state index < -0.39 is 5.97 Å². The number of hydrogen-bond acceptors (Lipinski definition) is 4. The van der Waals surface area contributed by atoms with Crippen molar-refractivity contribution < 1.29 is 19.1 Å². The van der Waals surface area contributed by atoms with Crippen molar-refractivity contribution in [2.75, 3.05) is 0 Å². The number of furan rings is 1. The lowest BCUT2D eigenvalue weighted by molar-refractivity contribution is 0.0696. The van der Waals surface area contributed by atoms with Crippen molar-refractivity contribution in [3.63, 3.8) is 0 Å². The summed E-state index contributed by atoms with van der Waals surface area (Å²) < 4.78 is 10.6. The highest BCUT2D eigenvalue weighted by Gasteiger charge is 2.12. The van der Waals surface area contributed by atoms with E-state index in [1.54, 1.807) is 24.5 Å². The molecule has 0 radical (unpaired) electrons. The maximum absolute atomic E-state index is 11.1. The second-order valence-corrected chi connectivity index (χ2v) is 4.45. The summed E-state index contributed by atoms with van der Waals surface area (Å²) >= 11 is 0. The van der Waals surface area contributed by atoms with Crippen LogP contribution in [0.5, 0.6) is 5.88 Å². The molecule has 2 aromatic rings. The molecule has 0 aliphatic rings. The fraction of sp³-hybridized carbons (Fsp3) is 0.286. The Morgan fingerprint density at radius 3 is 2.84 bits per heavy atom. The van der Waals surface area contributed by atoms with Crippen molar-refractivity contribution in [3.8, 4) is 5.88 Å². The molecule has 19 heavy (non-hydrogen) atoms. The Bertz CT molecular complexity index is 561. The van der Waals surface area contributed by atoms with Gasteiger partial charge in [-0.2, -0.15) is 0 Å².